The average molecular weight is 840 g/mol. The Bertz CT molecular complexity index is 935. The average Bonchev–Trinajstić information content (AvgIpc) is 3.23. The van der Waals surface area contributed by atoms with Gasteiger partial charge in [0.1, 0.15) is 24.4 Å². The Morgan fingerprint density at radius 2 is 0.949 bits per heavy atom. The van der Waals surface area contributed by atoms with Crippen molar-refractivity contribution in [1.82, 2.24) is 5.32 Å². The number of hydrogen-bond donors (Lipinski definition) is 6. The van der Waals surface area contributed by atoms with Crippen molar-refractivity contribution < 1.29 is 39.8 Å². The number of aliphatic hydroxyl groups excluding tert-OH is 5. The molecule has 9 heteroatoms. The van der Waals surface area contributed by atoms with Crippen molar-refractivity contribution in [3.05, 3.63) is 12.2 Å². The predicted octanol–water partition coefficient (Wildman–Crippen LogP) is 11.3. The van der Waals surface area contributed by atoms with Crippen LogP contribution in [0.1, 0.15) is 245 Å². The first-order valence-electron chi connectivity index (χ1n) is 25.4. The highest BCUT2D eigenvalue weighted by Crippen LogP contribution is 2.23. The highest BCUT2D eigenvalue weighted by molar-refractivity contribution is 5.76. The maximum absolute atomic E-state index is 13.0. The van der Waals surface area contributed by atoms with Crippen LogP contribution in [0.2, 0.25) is 0 Å². The lowest BCUT2D eigenvalue weighted by molar-refractivity contribution is -0.302. The van der Waals surface area contributed by atoms with E-state index in [0.717, 1.165) is 38.5 Å². The third kappa shape index (κ3) is 31.4. The van der Waals surface area contributed by atoms with Crippen LogP contribution >= 0.6 is 0 Å². The molecule has 0 saturated carbocycles. The zero-order valence-electron chi connectivity index (χ0n) is 38.5. The monoisotopic (exact) mass is 840 g/mol. The number of nitrogens with one attached hydrogen (secondary N) is 1. The number of allylic oxidation sites excluding steroid dienone is 2. The second-order valence-electron chi connectivity index (χ2n) is 18.0. The highest BCUT2D eigenvalue weighted by Gasteiger charge is 2.44. The van der Waals surface area contributed by atoms with Crippen molar-refractivity contribution in [1.29, 1.82) is 0 Å². The summed E-state index contributed by atoms with van der Waals surface area (Å²) < 4.78 is 11.3. The Morgan fingerprint density at radius 3 is 1.37 bits per heavy atom. The fourth-order valence-corrected chi connectivity index (χ4v) is 8.27. The summed E-state index contributed by atoms with van der Waals surface area (Å²) in [4.78, 5) is 13.0. The van der Waals surface area contributed by atoms with E-state index < -0.39 is 49.5 Å². The predicted molar refractivity (Wildman–Crippen MR) is 244 cm³/mol. The second kappa shape index (κ2) is 41.0. The first kappa shape index (κ1) is 55.9. The van der Waals surface area contributed by atoms with Crippen molar-refractivity contribution >= 4 is 5.91 Å². The zero-order chi connectivity index (χ0) is 43.0. The summed E-state index contributed by atoms with van der Waals surface area (Å²) in [7, 11) is 0. The second-order valence-corrected chi connectivity index (χ2v) is 18.0. The lowest BCUT2D eigenvalue weighted by atomic mass is 9.99. The van der Waals surface area contributed by atoms with E-state index in [-0.39, 0.29) is 12.5 Å². The number of hydrogen-bond acceptors (Lipinski definition) is 8. The zero-order valence-corrected chi connectivity index (χ0v) is 38.5. The van der Waals surface area contributed by atoms with Gasteiger partial charge in [-0.05, 0) is 38.5 Å². The molecule has 1 amide bonds. The summed E-state index contributed by atoms with van der Waals surface area (Å²) in [5.41, 5.74) is 0. The standard InChI is InChI=1S/C50H97NO8/c1-3-5-7-9-11-13-15-17-18-19-20-21-22-23-24-25-26-28-30-32-34-36-38-40-46(54)51-43(42-58-50-49(57)48(56)47(55)45(41-52)59-50)44(53)39-37-35-33-31-29-27-16-14-12-10-8-6-4-2/h17-18,43-45,47-50,52-53,55-57H,3-16,19-42H2,1-2H3,(H,51,54)/b18-17-/t43-,44+,45+,47-,48-,49+,50+/m0/s1. The van der Waals surface area contributed by atoms with Gasteiger partial charge < -0.3 is 40.3 Å². The Kier molecular flexibility index (Phi) is 38.9. The van der Waals surface area contributed by atoms with Gasteiger partial charge in [0, 0.05) is 6.42 Å². The van der Waals surface area contributed by atoms with Crippen molar-refractivity contribution in [2.75, 3.05) is 13.2 Å². The number of ether oxygens (including phenoxy) is 2. The molecule has 0 aromatic heterocycles. The van der Waals surface area contributed by atoms with Crippen molar-refractivity contribution in [2.24, 2.45) is 0 Å². The minimum atomic E-state index is -1.55. The van der Waals surface area contributed by atoms with E-state index in [2.05, 4.69) is 31.3 Å². The number of carbonyl (C=O) groups excluding carboxylic acids is 1. The van der Waals surface area contributed by atoms with Gasteiger partial charge in [-0.2, -0.15) is 0 Å². The number of unbranched alkanes of at least 4 members (excludes halogenated alkanes) is 31. The first-order valence-corrected chi connectivity index (χ1v) is 25.4. The number of rotatable bonds is 43. The van der Waals surface area contributed by atoms with E-state index in [1.165, 1.54) is 180 Å². The number of amides is 1. The third-order valence-corrected chi connectivity index (χ3v) is 12.4. The molecule has 7 atom stereocenters. The highest BCUT2D eigenvalue weighted by atomic mass is 16.7. The molecule has 0 radical (unpaired) electrons. The van der Waals surface area contributed by atoms with Crippen LogP contribution in [0.3, 0.4) is 0 Å². The first-order chi connectivity index (χ1) is 28.8. The fraction of sp³-hybridized carbons (Fsp3) is 0.940. The maximum atomic E-state index is 13.0. The fourth-order valence-electron chi connectivity index (χ4n) is 8.27. The van der Waals surface area contributed by atoms with E-state index in [4.69, 9.17) is 9.47 Å². The molecule has 1 aliphatic rings. The Hall–Kier alpha value is -1.07. The van der Waals surface area contributed by atoms with Crippen molar-refractivity contribution in [3.8, 4) is 0 Å². The molecule has 0 aromatic rings. The molecule has 1 heterocycles. The van der Waals surface area contributed by atoms with Crippen molar-refractivity contribution in [3.63, 3.8) is 0 Å². The van der Waals surface area contributed by atoms with Crippen LogP contribution < -0.4 is 5.32 Å². The van der Waals surface area contributed by atoms with Crippen LogP contribution in [-0.2, 0) is 14.3 Å². The Balaban J connectivity index is 2.22. The lowest BCUT2D eigenvalue weighted by Gasteiger charge is -2.40. The van der Waals surface area contributed by atoms with E-state index in [1.807, 2.05) is 0 Å². The Morgan fingerprint density at radius 1 is 0.559 bits per heavy atom. The smallest absolute Gasteiger partial charge is 0.220 e. The SMILES string of the molecule is CCCCCCCC/C=C\CCCCCCCCCCCCCCCC(=O)N[C@@H](CO[C@@H]1O[C@H](CO)[C@H](O)[C@H](O)[C@H]1O)[C@H](O)CCCCCCCCCCCCCCC. The quantitative estimate of drug-likeness (QED) is 0.0263. The summed E-state index contributed by atoms with van der Waals surface area (Å²) in [6, 6.07) is -0.714. The van der Waals surface area contributed by atoms with Gasteiger partial charge in [-0.3, -0.25) is 4.79 Å². The van der Waals surface area contributed by atoms with Crippen LogP contribution in [0.25, 0.3) is 0 Å². The molecule has 0 bridgehead atoms. The van der Waals surface area contributed by atoms with Crippen LogP contribution in [-0.4, -0.2) is 87.5 Å². The molecule has 6 N–H and O–H groups in total. The van der Waals surface area contributed by atoms with E-state index >= 15 is 0 Å². The minimum absolute atomic E-state index is 0.134. The van der Waals surface area contributed by atoms with Crippen molar-refractivity contribution in [2.45, 2.75) is 288 Å². The van der Waals surface area contributed by atoms with Gasteiger partial charge in [-0.25, -0.2) is 0 Å². The summed E-state index contributed by atoms with van der Waals surface area (Å²) in [6.45, 7) is 3.84. The molecule has 1 saturated heterocycles. The van der Waals surface area contributed by atoms with Crippen LogP contribution in [0, 0.1) is 0 Å². The number of aliphatic hydroxyl groups is 5. The summed E-state index contributed by atoms with van der Waals surface area (Å²) in [5.74, 6) is -0.142. The molecule has 0 spiro atoms. The van der Waals surface area contributed by atoms with Gasteiger partial charge in [0.05, 0.1) is 25.4 Å². The lowest BCUT2D eigenvalue weighted by Crippen LogP contribution is -2.60. The summed E-state index contributed by atoms with van der Waals surface area (Å²) >= 11 is 0. The molecule has 1 aliphatic heterocycles. The molecule has 0 unspecified atom stereocenters. The molecular formula is C50H97NO8. The largest absolute Gasteiger partial charge is 0.394 e. The van der Waals surface area contributed by atoms with Gasteiger partial charge in [-0.1, -0.05) is 212 Å². The molecular weight excluding hydrogens is 743 g/mol. The van der Waals surface area contributed by atoms with Gasteiger partial charge in [-0.15, -0.1) is 0 Å². The van der Waals surface area contributed by atoms with E-state index in [1.54, 1.807) is 0 Å². The molecule has 1 rings (SSSR count). The molecule has 59 heavy (non-hydrogen) atoms. The number of carbonyl (C=O) groups is 1. The van der Waals surface area contributed by atoms with Gasteiger partial charge in [0.2, 0.25) is 5.91 Å². The molecule has 9 nitrogen and oxygen atoms in total. The maximum Gasteiger partial charge on any atom is 0.220 e. The van der Waals surface area contributed by atoms with E-state index in [9.17, 15) is 30.3 Å². The molecule has 0 aliphatic carbocycles. The summed E-state index contributed by atoms with van der Waals surface area (Å²) in [5, 5.41) is 54.4. The van der Waals surface area contributed by atoms with Gasteiger partial charge in [0.25, 0.3) is 0 Å². The molecule has 1 fully saturated rings. The van der Waals surface area contributed by atoms with E-state index in [0.29, 0.717) is 12.8 Å². The third-order valence-electron chi connectivity index (χ3n) is 12.4. The molecule has 0 aromatic carbocycles. The van der Waals surface area contributed by atoms with Crippen LogP contribution in [0.4, 0.5) is 0 Å². The van der Waals surface area contributed by atoms with Crippen LogP contribution in [0.5, 0.6) is 0 Å². The molecule has 350 valence electrons. The van der Waals surface area contributed by atoms with Crippen LogP contribution in [0.15, 0.2) is 12.2 Å². The minimum Gasteiger partial charge on any atom is -0.394 e. The normalized spacial score (nSPS) is 20.7. The van der Waals surface area contributed by atoms with Gasteiger partial charge in [0.15, 0.2) is 6.29 Å². The topological polar surface area (TPSA) is 149 Å². The Labute approximate surface area is 363 Å². The van der Waals surface area contributed by atoms with Gasteiger partial charge >= 0.3 is 0 Å². The summed E-state index contributed by atoms with van der Waals surface area (Å²) in [6.07, 6.45) is 40.8.